The number of nitrogens with zero attached hydrogens (tertiary/aromatic N) is 2. The highest BCUT2D eigenvalue weighted by atomic mass is 16.5. The molecule has 6 rings (SSSR count). The van der Waals surface area contributed by atoms with Gasteiger partial charge in [-0.2, -0.15) is 0 Å². The third-order valence-corrected chi connectivity index (χ3v) is 7.71. The molecule has 1 saturated heterocycles. The first kappa shape index (κ1) is 15.3. The zero-order valence-corrected chi connectivity index (χ0v) is 14.7. The van der Waals surface area contributed by atoms with Crippen molar-refractivity contribution in [1.82, 2.24) is 4.90 Å². The van der Waals surface area contributed by atoms with Gasteiger partial charge in [-0.05, 0) is 62.6 Å². The molecule has 26 heavy (non-hydrogen) atoms. The molecule has 0 amide bonds. The van der Waals surface area contributed by atoms with Crippen molar-refractivity contribution in [3.05, 3.63) is 23.3 Å². The normalized spacial score (nSPS) is 41.8. The van der Waals surface area contributed by atoms with Gasteiger partial charge in [0.25, 0.3) is 0 Å². The molecular weight excluding hydrogens is 332 g/mol. The predicted molar refractivity (Wildman–Crippen MR) is 94.0 cm³/mol. The minimum absolute atomic E-state index is 0.0613. The van der Waals surface area contributed by atoms with E-state index in [2.05, 4.69) is 10.1 Å². The third-order valence-electron chi connectivity index (χ3n) is 7.71. The first-order valence-corrected chi connectivity index (χ1v) is 9.78. The van der Waals surface area contributed by atoms with Crippen LogP contribution in [0, 0.1) is 5.92 Å². The summed E-state index contributed by atoms with van der Waals surface area (Å²) < 4.78 is 6.19. The van der Waals surface area contributed by atoms with Crippen molar-refractivity contribution >= 4 is 5.71 Å². The average molecular weight is 356 g/mol. The standard InChI is InChI=1S/C20H24N2O4/c23-14-4-3-12-9-15-20(24)6-5-13(21-25)18-19(20,16(12)17(14)26-18)7-8-22(15)10-11-1-2-11/h3-4,11,15,18,23-25H,1-2,5-10H2/t15-,18+,19+,20-/m1/s1. The van der Waals surface area contributed by atoms with Crippen LogP contribution in [0.5, 0.6) is 11.5 Å². The van der Waals surface area contributed by atoms with Crippen molar-refractivity contribution in [3.63, 3.8) is 0 Å². The maximum Gasteiger partial charge on any atom is 0.166 e. The molecule has 3 aliphatic carbocycles. The number of ether oxygens (including phenoxy) is 1. The van der Waals surface area contributed by atoms with Crippen LogP contribution in [0.15, 0.2) is 17.3 Å². The number of likely N-dealkylation sites (tertiary alicyclic amines) is 1. The van der Waals surface area contributed by atoms with Crippen molar-refractivity contribution in [2.75, 3.05) is 13.1 Å². The van der Waals surface area contributed by atoms with Gasteiger partial charge in [0.2, 0.25) is 0 Å². The van der Waals surface area contributed by atoms with Crippen LogP contribution in [-0.4, -0.2) is 56.9 Å². The van der Waals surface area contributed by atoms with Gasteiger partial charge >= 0.3 is 0 Å². The minimum atomic E-state index is -0.912. The summed E-state index contributed by atoms with van der Waals surface area (Å²) in [6.07, 6.45) is 4.77. The van der Waals surface area contributed by atoms with Gasteiger partial charge in [-0.1, -0.05) is 11.2 Å². The summed E-state index contributed by atoms with van der Waals surface area (Å²) in [6.45, 7) is 1.98. The number of benzene rings is 1. The maximum atomic E-state index is 12.1. The number of hydrogen-bond acceptors (Lipinski definition) is 6. The SMILES string of the molecule is ON=C1CC[C@@]2(O)[C@H]3Cc4ccc(O)c5c4[C@@]2(CCN3CC2CC2)[C@H]1O5. The summed E-state index contributed by atoms with van der Waals surface area (Å²) in [4.78, 5) is 2.49. The molecule has 1 spiro atoms. The van der Waals surface area contributed by atoms with Gasteiger partial charge in [-0.3, -0.25) is 4.90 Å². The fourth-order valence-corrected chi connectivity index (χ4v) is 6.38. The lowest BCUT2D eigenvalue weighted by Gasteiger charge is -2.63. The number of oxime groups is 1. The van der Waals surface area contributed by atoms with Crippen LogP contribution in [0.2, 0.25) is 0 Å². The van der Waals surface area contributed by atoms with Crippen molar-refractivity contribution in [1.29, 1.82) is 0 Å². The second kappa shape index (κ2) is 4.73. The van der Waals surface area contributed by atoms with E-state index in [1.165, 1.54) is 12.8 Å². The van der Waals surface area contributed by atoms with E-state index < -0.39 is 17.1 Å². The number of hydrogen-bond donors (Lipinski definition) is 3. The van der Waals surface area contributed by atoms with Gasteiger partial charge in [-0.25, -0.2) is 0 Å². The molecular formula is C20H24N2O4. The van der Waals surface area contributed by atoms with Crippen LogP contribution in [0.25, 0.3) is 0 Å². The Kier molecular flexibility index (Phi) is 2.78. The molecule has 3 fully saturated rings. The highest BCUT2D eigenvalue weighted by molar-refractivity contribution is 5.94. The fraction of sp³-hybridized carbons (Fsp3) is 0.650. The Labute approximate surface area is 152 Å². The molecule has 2 saturated carbocycles. The molecule has 2 aliphatic heterocycles. The largest absolute Gasteiger partial charge is 0.504 e. The molecule has 6 nitrogen and oxygen atoms in total. The molecule has 1 aromatic carbocycles. The van der Waals surface area contributed by atoms with Crippen LogP contribution in [0.4, 0.5) is 0 Å². The highest BCUT2D eigenvalue weighted by Crippen LogP contribution is 2.65. The summed E-state index contributed by atoms with van der Waals surface area (Å²) in [5.74, 6) is 1.38. The number of phenolic OH excluding ortho intramolecular Hbond substituents is 1. The Bertz CT molecular complexity index is 835. The molecule has 5 aliphatic rings. The molecule has 0 aromatic heterocycles. The van der Waals surface area contributed by atoms with Gasteiger partial charge in [0.1, 0.15) is 0 Å². The van der Waals surface area contributed by atoms with Gasteiger partial charge < -0.3 is 20.2 Å². The number of aromatic hydroxyl groups is 1. The van der Waals surface area contributed by atoms with Gasteiger partial charge in [0.05, 0.1) is 16.7 Å². The Morgan fingerprint density at radius 1 is 1.27 bits per heavy atom. The molecule has 3 N–H and O–H groups in total. The van der Waals surface area contributed by atoms with Gasteiger partial charge in [0.15, 0.2) is 17.6 Å². The zero-order chi connectivity index (χ0) is 17.7. The summed E-state index contributed by atoms with van der Waals surface area (Å²) >= 11 is 0. The summed E-state index contributed by atoms with van der Waals surface area (Å²) in [6, 6.07) is 3.74. The summed E-state index contributed by atoms with van der Waals surface area (Å²) in [5, 5.41) is 35.6. The molecule has 138 valence electrons. The molecule has 2 heterocycles. The van der Waals surface area contributed by atoms with E-state index in [9.17, 15) is 15.4 Å². The molecule has 2 bridgehead atoms. The van der Waals surface area contributed by atoms with Gasteiger partial charge in [-0.15, -0.1) is 0 Å². The number of aliphatic hydroxyl groups is 1. The Hall–Kier alpha value is -1.79. The third kappa shape index (κ3) is 1.59. The summed E-state index contributed by atoms with van der Waals surface area (Å²) in [7, 11) is 0. The monoisotopic (exact) mass is 356 g/mol. The molecule has 1 aromatic rings. The van der Waals surface area contributed by atoms with E-state index in [-0.39, 0.29) is 11.8 Å². The second-order valence-corrected chi connectivity index (χ2v) is 8.84. The van der Waals surface area contributed by atoms with Crippen LogP contribution >= 0.6 is 0 Å². The van der Waals surface area contributed by atoms with E-state index in [0.717, 1.165) is 43.0 Å². The zero-order valence-electron chi connectivity index (χ0n) is 14.7. The lowest BCUT2D eigenvalue weighted by Crippen LogP contribution is -2.76. The van der Waals surface area contributed by atoms with Crippen LogP contribution < -0.4 is 4.74 Å². The van der Waals surface area contributed by atoms with Crippen LogP contribution in [-0.2, 0) is 11.8 Å². The van der Waals surface area contributed by atoms with Crippen molar-refractivity contribution < 1.29 is 20.2 Å². The minimum Gasteiger partial charge on any atom is -0.504 e. The molecule has 0 unspecified atom stereocenters. The van der Waals surface area contributed by atoms with Crippen molar-refractivity contribution in [2.45, 2.75) is 61.7 Å². The van der Waals surface area contributed by atoms with Crippen LogP contribution in [0.1, 0.15) is 43.2 Å². The molecule has 0 radical (unpaired) electrons. The summed E-state index contributed by atoms with van der Waals surface area (Å²) in [5.41, 5.74) is 1.19. The second-order valence-electron chi connectivity index (χ2n) is 8.84. The number of rotatable bonds is 2. The smallest absolute Gasteiger partial charge is 0.166 e. The Morgan fingerprint density at radius 2 is 2.12 bits per heavy atom. The first-order chi connectivity index (χ1) is 12.6. The topological polar surface area (TPSA) is 85.5 Å². The van der Waals surface area contributed by atoms with Crippen molar-refractivity contribution in [2.24, 2.45) is 11.1 Å². The maximum absolute atomic E-state index is 12.1. The predicted octanol–water partition coefficient (Wildman–Crippen LogP) is 1.79. The van der Waals surface area contributed by atoms with Crippen molar-refractivity contribution in [3.8, 4) is 11.5 Å². The van der Waals surface area contributed by atoms with E-state index in [0.29, 0.717) is 24.3 Å². The first-order valence-electron chi connectivity index (χ1n) is 9.78. The fourth-order valence-electron chi connectivity index (χ4n) is 6.38. The number of piperidine rings is 1. The van der Waals surface area contributed by atoms with Crippen LogP contribution in [0.3, 0.4) is 0 Å². The lowest BCUT2D eigenvalue weighted by molar-refractivity contribution is -0.167. The van der Waals surface area contributed by atoms with Gasteiger partial charge in [0, 0.05) is 18.2 Å². The molecule has 6 heteroatoms. The number of phenols is 1. The highest BCUT2D eigenvalue weighted by Gasteiger charge is 2.72. The van der Waals surface area contributed by atoms with E-state index in [1.54, 1.807) is 6.07 Å². The van der Waals surface area contributed by atoms with E-state index >= 15 is 0 Å². The van der Waals surface area contributed by atoms with E-state index in [4.69, 9.17) is 4.74 Å². The Balaban J connectivity index is 1.58. The average Bonchev–Trinajstić information content (AvgIpc) is 3.37. The quantitative estimate of drug-likeness (QED) is 0.556. The lowest BCUT2D eigenvalue weighted by atomic mass is 9.49. The molecule has 4 atom stereocenters. The Morgan fingerprint density at radius 3 is 2.88 bits per heavy atom. The van der Waals surface area contributed by atoms with E-state index in [1.807, 2.05) is 6.07 Å².